The highest BCUT2D eigenvalue weighted by molar-refractivity contribution is 7.52. The van der Waals surface area contributed by atoms with Crippen LogP contribution in [0.4, 0.5) is 0 Å². The first-order valence-electron chi connectivity index (χ1n) is 8.57. The molecule has 2 N–H and O–H groups in total. The first-order chi connectivity index (χ1) is 12.4. The normalized spacial score (nSPS) is 13.0. The van der Waals surface area contributed by atoms with Gasteiger partial charge in [-0.25, -0.2) is 4.79 Å². The second kappa shape index (κ2) is 9.82. The number of aliphatic carboxylic acids is 1. The summed E-state index contributed by atoms with van der Waals surface area (Å²) in [6.07, 6.45) is 0.409. The van der Waals surface area contributed by atoms with E-state index in [0.717, 1.165) is 0 Å². The van der Waals surface area contributed by atoms with Crippen molar-refractivity contribution in [2.24, 2.45) is 0 Å². The SMILES string of the molecule is CC(=O)N[C@@H](Cc1ccn(CP(=O)(OC(C)C)OC(C)C)c(=O)c1)C(=O)O. The van der Waals surface area contributed by atoms with E-state index in [1.807, 2.05) is 0 Å². The van der Waals surface area contributed by atoms with Gasteiger partial charge in [0.25, 0.3) is 5.56 Å². The largest absolute Gasteiger partial charge is 0.480 e. The maximum absolute atomic E-state index is 12.9. The van der Waals surface area contributed by atoms with Gasteiger partial charge >= 0.3 is 13.6 Å². The third-order valence-corrected chi connectivity index (χ3v) is 5.38. The van der Waals surface area contributed by atoms with Crippen molar-refractivity contribution >= 4 is 19.5 Å². The Kier molecular flexibility index (Phi) is 8.40. The van der Waals surface area contributed by atoms with E-state index in [0.29, 0.717) is 5.56 Å². The summed E-state index contributed by atoms with van der Waals surface area (Å²) in [5.74, 6) is -1.68. The zero-order valence-corrected chi connectivity index (χ0v) is 17.1. The quantitative estimate of drug-likeness (QED) is 0.574. The lowest BCUT2D eigenvalue weighted by Crippen LogP contribution is -2.41. The van der Waals surface area contributed by atoms with Gasteiger partial charge in [0.15, 0.2) is 0 Å². The summed E-state index contributed by atoms with van der Waals surface area (Å²) in [7, 11) is -3.55. The van der Waals surface area contributed by atoms with E-state index in [1.54, 1.807) is 27.7 Å². The van der Waals surface area contributed by atoms with Gasteiger partial charge < -0.3 is 24.0 Å². The highest BCUT2D eigenvalue weighted by Crippen LogP contribution is 2.51. The topological polar surface area (TPSA) is 124 Å². The van der Waals surface area contributed by atoms with E-state index < -0.39 is 31.1 Å². The molecule has 27 heavy (non-hydrogen) atoms. The Labute approximate surface area is 158 Å². The first-order valence-corrected chi connectivity index (χ1v) is 10.3. The molecule has 0 spiro atoms. The zero-order chi connectivity index (χ0) is 20.8. The molecule has 1 heterocycles. The van der Waals surface area contributed by atoms with Crippen LogP contribution in [0.5, 0.6) is 0 Å². The Hall–Kier alpha value is -1.96. The number of carboxylic acid groups (broad SMARTS) is 1. The van der Waals surface area contributed by atoms with Gasteiger partial charge in [0.1, 0.15) is 12.3 Å². The molecule has 1 aromatic heterocycles. The number of hydrogen-bond acceptors (Lipinski definition) is 6. The second-order valence-electron chi connectivity index (χ2n) is 6.70. The average Bonchev–Trinajstić information content (AvgIpc) is 2.46. The fourth-order valence-corrected chi connectivity index (χ4v) is 4.47. The fraction of sp³-hybridized carbons (Fsp3) is 0.588. The third-order valence-electron chi connectivity index (χ3n) is 3.24. The molecule has 1 rings (SSSR count). The van der Waals surface area contributed by atoms with Gasteiger partial charge in [0, 0.05) is 25.6 Å². The molecule has 152 valence electrons. The minimum atomic E-state index is -3.55. The molecular formula is C17H27N2O7P. The number of amides is 1. The number of carboxylic acids is 1. The van der Waals surface area contributed by atoms with Gasteiger partial charge in [-0.05, 0) is 39.3 Å². The Bertz CT molecular complexity index is 759. The van der Waals surface area contributed by atoms with Gasteiger partial charge in [0.2, 0.25) is 5.91 Å². The molecule has 1 aromatic rings. The van der Waals surface area contributed by atoms with Crippen molar-refractivity contribution in [3.63, 3.8) is 0 Å². The van der Waals surface area contributed by atoms with Crippen molar-refractivity contribution in [1.82, 2.24) is 9.88 Å². The van der Waals surface area contributed by atoms with Crippen molar-refractivity contribution < 1.29 is 28.3 Å². The Morgan fingerprint density at radius 2 is 1.78 bits per heavy atom. The van der Waals surface area contributed by atoms with Gasteiger partial charge in [-0.2, -0.15) is 0 Å². The minimum absolute atomic E-state index is 0.0480. The Balaban J connectivity index is 3.02. The van der Waals surface area contributed by atoms with Crippen LogP contribution in [0.3, 0.4) is 0 Å². The van der Waals surface area contributed by atoms with Crippen molar-refractivity contribution in [3.8, 4) is 0 Å². The predicted octanol–water partition coefficient (Wildman–Crippen LogP) is 1.98. The number of nitrogens with one attached hydrogen (secondary N) is 1. The number of nitrogens with zero attached hydrogens (tertiary/aromatic N) is 1. The molecule has 0 fully saturated rings. The summed E-state index contributed by atoms with van der Waals surface area (Å²) in [4.78, 5) is 34.7. The van der Waals surface area contributed by atoms with Crippen LogP contribution >= 0.6 is 7.60 Å². The van der Waals surface area contributed by atoms with Gasteiger partial charge in [0.05, 0.1) is 12.2 Å². The van der Waals surface area contributed by atoms with Crippen LogP contribution in [0.15, 0.2) is 23.1 Å². The van der Waals surface area contributed by atoms with Crippen molar-refractivity contribution in [2.45, 2.75) is 65.6 Å². The van der Waals surface area contributed by atoms with E-state index in [1.165, 1.54) is 29.8 Å². The van der Waals surface area contributed by atoms with E-state index in [-0.39, 0.29) is 24.9 Å². The molecule has 0 aliphatic heterocycles. The van der Waals surface area contributed by atoms with Crippen molar-refractivity contribution in [2.75, 3.05) is 0 Å². The van der Waals surface area contributed by atoms with Crippen LogP contribution in [0.2, 0.25) is 0 Å². The number of carbonyl (C=O) groups excluding carboxylic acids is 1. The Morgan fingerprint density at radius 1 is 1.22 bits per heavy atom. The predicted molar refractivity (Wildman–Crippen MR) is 99.7 cm³/mol. The standard InChI is InChI=1S/C17H27N2O7P/c1-11(2)25-27(24,26-12(3)4)10-19-7-6-14(9-16(19)21)8-15(17(22)23)18-13(5)20/h6-7,9,11-12,15H,8,10H2,1-5H3,(H,18,20)(H,22,23)/t15-/m0/s1. The number of rotatable bonds is 10. The molecule has 0 bridgehead atoms. The molecule has 1 atom stereocenters. The summed E-state index contributed by atoms with van der Waals surface area (Å²) < 4.78 is 24.9. The van der Waals surface area contributed by atoms with Gasteiger partial charge in [-0.3, -0.25) is 14.2 Å². The fourth-order valence-electron chi connectivity index (χ4n) is 2.39. The molecule has 0 saturated carbocycles. The molecular weight excluding hydrogens is 375 g/mol. The molecule has 0 radical (unpaired) electrons. The van der Waals surface area contributed by atoms with Crippen LogP contribution < -0.4 is 10.9 Å². The molecule has 0 aliphatic rings. The summed E-state index contributed by atoms with van der Waals surface area (Å²) in [5, 5.41) is 11.5. The maximum atomic E-state index is 12.9. The summed E-state index contributed by atoms with van der Waals surface area (Å²) in [6, 6.07) is 1.64. The summed E-state index contributed by atoms with van der Waals surface area (Å²) in [6.45, 7) is 8.09. The number of aromatic nitrogens is 1. The zero-order valence-electron chi connectivity index (χ0n) is 16.2. The molecule has 10 heteroatoms. The number of carbonyl (C=O) groups is 2. The third kappa shape index (κ3) is 8.07. The number of hydrogen-bond donors (Lipinski definition) is 2. The minimum Gasteiger partial charge on any atom is -0.480 e. The van der Waals surface area contributed by atoms with E-state index in [4.69, 9.17) is 14.2 Å². The van der Waals surface area contributed by atoms with Crippen LogP contribution in [0.1, 0.15) is 40.2 Å². The molecule has 9 nitrogen and oxygen atoms in total. The smallest absolute Gasteiger partial charge is 0.350 e. The highest BCUT2D eigenvalue weighted by Gasteiger charge is 2.29. The summed E-state index contributed by atoms with van der Waals surface area (Å²) >= 11 is 0. The van der Waals surface area contributed by atoms with E-state index in [2.05, 4.69) is 5.32 Å². The molecule has 0 aliphatic carbocycles. The molecule has 0 aromatic carbocycles. The van der Waals surface area contributed by atoms with Gasteiger partial charge in [-0.15, -0.1) is 0 Å². The van der Waals surface area contributed by atoms with E-state index in [9.17, 15) is 18.9 Å². The maximum Gasteiger partial charge on any atom is 0.350 e. The van der Waals surface area contributed by atoms with Crippen LogP contribution in [-0.4, -0.2) is 39.8 Å². The van der Waals surface area contributed by atoms with Crippen LogP contribution in [0.25, 0.3) is 0 Å². The molecule has 0 saturated heterocycles. The lowest BCUT2D eigenvalue weighted by Gasteiger charge is -2.23. The molecule has 0 unspecified atom stereocenters. The monoisotopic (exact) mass is 402 g/mol. The lowest BCUT2D eigenvalue weighted by molar-refractivity contribution is -0.141. The van der Waals surface area contributed by atoms with E-state index >= 15 is 0 Å². The highest BCUT2D eigenvalue weighted by atomic mass is 31.2. The molecule has 1 amide bonds. The van der Waals surface area contributed by atoms with Crippen LogP contribution in [-0.2, 0) is 35.9 Å². The van der Waals surface area contributed by atoms with Gasteiger partial charge in [-0.1, -0.05) is 0 Å². The Morgan fingerprint density at radius 3 is 2.19 bits per heavy atom. The number of pyridine rings is 1. The first kappa shape index (κ1) is 23.1. The van der Waals surface area contributed by atoms with Crippen molar-refractivity contribution in [1.29, 1.82) is 0 Å². The van der Waals surface area contributed by atoms with Crippen molar-refractivity contribution in [3.05, 3.63) is 34.2 Å². The average molecular weight is 402 g/mol. The second-order valence-corrected chi connectivity index (χ2v) is 8.63. The summed E-state index contributed by atoms with van der Waals surface area (Å²) in [5.41, 5.74) is -0.0406. The van der Waals surface area contributed by atoms with Crippen LogP contribution in [0, 0.1) is 0 Å². The lowest BCUT2D eigenvalue weighted by atomic mass is 10.1.